The minimum atomic E-state index is -4.47. The molecule has 2 aliphatic rings. The third kappa shape index (κ3) is 2.82. The van der Waals surface area contributed by atoms with Crippen molar-refractivity contribution in [2.45, 2.75) is 6.18 Å². The zero-order chi connectivity index (χ0) is 15.0. The van der Waals surface area contributed by atoms with Crippen molar-refractivity contribution in [2.75, 3.05) is 12.3 Å². The van der Waals surface area contributed by atoms with Gasteiger partial charge in [-0.1, -0.05) is 17.7 Å². The van der Waals surface area contributed by atoms with E-state index in [1.54, 1.807) is 12.1 Å². The van der Waals surface area contributed by atoms with Gasteiger partial charge in [-0.2, -0.15) is 17.6 Å². The van der Waals surface area contributed by atoms with E-state index in [1.165, 1.54) is 18.0 Å². The molecule has 0 radical (unpaired) electrons. The molecule has 0 fully saturated rings. The van der Waals surface area contributed by atoms with Crippen LogP contribution in [0, 0.1) is 0 Å². The first-order valence-electron chi connectivity index (χ1n) is 6.19. The molecule has 0 amide bonds. The van der Waals surface area contributed by atoms with Gasteiger partial charge in [0.25, 0.3) is 0 Å². The first kappa shape index (κ1) is 14.5. The van der Waals surface area contributed by atoms with Crippen LogP contribution in [0.4, 0.5) is 13.2 Å². The number of rotatable bonds is 1. The Morgan fingerprint density at radius 3 is 2.86 bits per heavy atom. The van der Waals surface area contributed by atoms with Crippen molar-refractivity contribution in [3.05, 3.63) is 52.7 Å². The lowest BCUT2D eigenvalue weighted by molar-refractivity contribution is -0.137. The predicted octanol–water partition coefficient (Wildman–Crippen LogP) is 4.63. The Morgan fingerprint density at radius 2 is 2.10 bits per heavy atom. The highest BCUT2D eigenvalue weighted by Crippen LogP contribution is 2.37. The van der Waals surface area contributed by atoms with Crippen molar-refractivity contribution < 1.29 is 13.2 Å². The molecule has 3 rings (SSSR count). The summed E-state index contributed by atoms with van der Waals surface area (Å²) in [6.07, 6.45) is 0.987. The lowest BCUT2D eigenvalue weighted by atomic mass is 9.99. The van der Waals surface area contributed by atoms with E-state index in [4.69, 9.17) is 11.6 Å². The molecule has 0 aliphatic carbocycles. The molecule has 110 valence electrons. The number of fused-ring (bicyclic) bond motifs is 1. The Hall–Kier alpha value is -1.40. The molecule has 0 unspecified atom stereocenters. The van der Waals surface area contributed by atoms with Crippen LogP contribution in [0.5, 0.6) is 0 Å². The normalized spacial score (nSPS) is 18.2. The van der Waals surface area contributed by atoms with Gasteiger partial charge in [0.05, 0.1) is 10.6 Å². The molecule has 2 nitrogen and oxygen atoms in total. The fraction of sp³-hybridized carbons (Fsp3) is 0.214. The maximum Gasteiger partial charge on any atom is 0.417 e. The highest BCUT2D eigenvalue weighted by Gasteiger charge is 2.34. The van der Waals surface area contributed by atoms with Crippen LogP contribution in [0.15, 0.2) is 40.9 Å². The van der Waals surface area contributed by atoms with Gasteiger partial charge in [0.2, 0.25) is 0 Å². The van der Waals surface area contributed by atoms with Crippen molar-refractivity contribution in [3.63, 3.8) is 0 Å². The summed E-state index contributed by atoms with van der Waals surface area (Å²) < 4.78 is 43.2. The van der Waals surface area contributed by atoms with Crippen molar-refractivity contribution in [3.8, 4) is 0 Å². The van der Waals surface area contributed by atoms with Gasteiger partial charge in [-0.05, 0) is 41.8 Å². The molecule has 0 bridgehead atoms. The molecule has 0 saturated heterocycles. The Bertz CT molecular complexity index is 665. The number of benzene rings is 1. The Morgan fingerprint density at radius 1 is 1.29 bits per heavy atom. The maximum absolute atomic E-state index is 13.0. The molecule has 7 heteroatoms. The summed E-state index contributed by atoms with van der Waals surface area (Å²) in [4.78, 5) is 1.94. The van der Waals surface area contributed by atoms with Gasteiger partial charge in [-0.25, -0.2) is 0 Å². The summed E-state index contributed by atoms with van der Waals surface area (Å²) in [6.45, 7) is 0.789. The average Bonchev–Trinajstić information content (AvgIpc) is 2.46. The molecule has 2 aliphatic heterocycles. The van der Waals surface area contributed by atoms with Crippen molar-refractivity contribution >= 4 is 35.0 Å². The topological polar surface area (TPSA) is 15.6 Å². The molecule has 2 heterocycles. The number of nitrogens with zero attached hydrogens (tertiary/aromatic N) is 2. The van der Waals surface area contributed by atoms with E-state index in [2.05, 4.69) is 4.40 Å². The smallest absolute Gasteiger partial charge is 0.331 e. The molecule has 0 N–H and O–H groups in total. The number of halogens is 4. The lowest BCUT2D eigenvalue weighted by Gasteiger charge is -2.29. The van der Waals surface area contributed by atoms with E-state index in [-0.39, 0.29) is 5.02 Å². The SMILES string of the molecule is FC(F)(F)c1cc(C2=CC=CN3CCSN=C23)ccc1Cl. The number of allylic oxidation sites excluding steroid dienone is 2. The summed E-state index contributed by atoms with van der Waals surface area (Å²) in [5, 5.41) is -0.296. The third-order valence-electron chi connectivity index (χ3n) is 3.20. The van der Waals surface area contributed by atoms with Gasteiger partial charge >= 0.3 is 6.18 Å². The van der Waals surface area contributed by atoms with Gasteiger partial charge in [0.1, 0.15) is 5.84 Å². The van der Waals surface area contributed by atoms with E-state index in [0.29, 0.717) is 17.0 Å². The predicted molar refractivity (Wildman–Crippen MR) is 80.2 cm³/mol. The van der Waals surface area contributed by atoms with Crippen LogP contribution in [0.25, 0.3) is 5.57 Å². The minimum absolute atomic E-state index is 0.296. The standard InChI is InChI=1S/C14H10ClF3N2S/c15-12-4-3-9(8-11(12)14(16,17)18)10-2-1-5-20-6-7-21-19-13(10)20/h1-5,8H,6-7H2. The minimum Gasteiger partial charge on any atom is -0.331 e. The fourth-order valence-corrected chi connectivity index (χ4v) is 3.13. The van der Waals surface area contributed by atoms with Crippen molar-refractivity contribution in [1.29, 1.82) is 0 Å². The van der Waals surface area contributed by atoms with Gasteiger partial charge in [0, 0.05) is 24.1 Å². The van der Waals surface area contributed by atoms with E-state index in [9.17, 15) is 13.2 Å². The zero-order valence-corrected chi connectivity index (χ0v) is 12.3. The Labute approximate surface area is 129 Å². The van der Waals surface area contributed by atoms with Gasteiger partial charge < -0.3 is 4.90 Å². The number of amidine groups is 1. The molecule has 0 atom stereocenters. The van der Waals surface area contributed by atoms with Crippen LogP contribution in [0.1, 0.15) is 11.1 Å². The molecule has 0 spiro atoms. The van der Waals surface area contributed by atoms with Crippen LogP contribution in [-0.2, 0) is 6.18 Å². The van der Waals surface area contributed by atoms with Gasteiger partial charge in [-0.3, -0.25) is 0 Å². The highest BCUT2D eigenvalue weighted by molar-refractivity contribution is 7.98. The second-order valence-corrected chi connectivity index (χ2v) is 5.81. The van der Waals surface area contributed by atoms with Crippen LogP contribution >= 0.6 is 23.5 Å². The monoisotopic (exact) mass is 330 g/mol. The van der Waals surface area contributed by atoms with E-state index < -0.39 is 11.7 Å². The van der Waals surface area contributed by atoms with Crippen LogP contribution in [-0.4, -0.2) is 23.0 Å². The van der Waals surface area contributed by atoms with Gasteiger partial charge in [-0.15, -0.1) is 0 Å². The van der Waals surface area contributed by atoms with Crippen LogP contribution < -0.4 is 0 Å². The van der Waals surface area contributed by atoms with Crippen molar-refractivity contribution in [2.24, 2.45) is 4.40 Å². The van der Waals surface area contributed by atoms with E-state index in [1.807, 2.05) is 17.2 Å². The second-order valence-electron chi connectivity index (χ2n) is 4.56. The second kappa shape index (κ2) is 5.42. The Kier molecular flexibility index (Phi) is 3.75. The average molecular weight is 331 g/mol. The summed E-state index contributed by atoms with van der Waals surface area (Å²) in [5.74, 6) is 1.54. The molecule has 21 heavy (non-hydrogen) atoms. The molecule has 1 aromatic rings. The van der Waals surface area contributed by atoms with Gasteiger partial charge in [0.15, 0.2) is 0 Å². The molecule has 0 saturated carbocycles. The molecule has 1 aromatic carbocycles. The largest absolute Gasteiger partial charge is 0.417 e. The highest BCUT2D eigenvalue weighted by atomic mass is 35.5. The fourth-order valence-electron chi connectivity index (χ4n) is 2.21. The molecular weight excluding hydrogens is 321 g/mol. The van der Waals surface area contributed by atoms with E-state index >= 15 is 0 Å². The molecular formula is C14H10ClF3N2S. The number of hydrogen-bond donors (Lipinski definition) is 0. The van der Waals surface area contributed by atoms with Crippen LogP contribution in [0.3, 0.4) is 0 Å². The Balaban J connectivity index is 2.06. The van der Waals surface area contributed by atoms with Crippen LogP contribution in [0.2, 0.25) is 5.02 Å². The summed E-state index contributed by atoms with van der Waals surface area (Å²) in [7, 11) is 0. The quantitative estimate of drug-likeness (QED) is 0.698. The summed E-state index contributed by atoms with van der Waals surface area (Å²) in [6, 6.07) is 3.94. The first-order chi connectivity index (χ1) is 9.97. The van der Waals surface area contributed by atoms with Crippen molar-refractivity contribution in [1.82, 2.24) is 4.90 Å². The number of alkyl halides is 3. The summed E-state index contributed by atoms with van der Waals surface area (Å²) in [5.41, 5.74) is 0.307. The third-order valence-corrected chi connectivity index (χ3v) is 4.20. The lowest BCUT2D eigenvalue weighted by Crippen LogP contribution is -2.32. The number of hydrogen-bond acceptors (Lipinski definition) is 3. The molecule has 0 aromatic heterocycles. The maximum atomic E-state index is 13.0. The summed E-state index contributed by atoms with van der Waals surface area (Å²) >= 11 is 7.07. The first-order valence-corrected chi connectivity index (χ1v) is 7.51. The van der Waals surface area contributed by atoms with E-state index in [0.717, 1.165) is 18.4 Å². The zero-order valence-electron chi connectivity index (χ0n) is 10.7.